The summed E-state index contributed by atoms with van der Waals surface area (Å²) in [4.78, 5) is 35.9. The highest BCUT2D eigenvalue weighted by molar-refractivity contribution is 5.93. The van der Waals surface area contributed by atoms with Crippen molar-refractivity contribution in [2.75, 3.05) is 37.7 Å². The van der Waals surface area contributed by atoms with E-state index in [0.29, 0.717) is 44.3 Å². The minimum Gasteiger partial charge on any atom is -0.450 e. The quantitative estimate of drug-likeness (QED) is 0.872. The van der Waals surface area contributed by atoms with Gasteiger partial charge in [0.15, 0.2) is 0 Å². The van der Waals surface area contributed by atoms with Crippen molar-refractivity contribution in [1.29, 1.82) is 0 Å². The summed E-state index contributed by atoms with van der Waals surface area (Å²) in [6.07, 6.45) is 1.98. The van der Waals surface area contributed by atoms with Crippen LogP contribution in [0.2, 0.25) is 0 Å². The van der Waals surface area contributed by atoms with Gasteiger partial charge in [0, 0.05) is 38.3 Å². The van der Waals surface area contributed by atoms with Crippen LogP contribution in [0.3, 0.4) is 0 Å². The molecule has 1 saturated heterocycles. The van der Waals surface area contributed by atoms with Gasteiger partial charge in [-0.15, -0.1) is 0 Å². The molecule has 1 unspecified atom stereocenters. The molecule has 0 aromatic carbocycles. The Kier molecular flexibility index (Phi) is 6.34. The highest BCUT2D eigenvalue weighted by Crippen LogP contribution is 2.14. The van der Waals surface area contributed by atoms with Crippen LogP contribution in [0.25, 0.3) is 0 Å². The number of anilines is 1. The van der Waals surface area contributed by atoms with E-state index < -0.39 is 0 Å². The lowest BCUT2D eigenvalue weighted by Crippen LogP contribution is -2.49. The minimum absolute atomic E-state index is 0.101. The van der Waals surface area contributed by atoms with Crippen molar-refractivity contribution >= 4 is 17.8 Å². The number of aromatic nitrogens is 2. The number of nitrogens with zero attached hydrogens (tertiary/aromatic N) is 4. The number of nitrogens with one attached hydrogen (secondary N) is 1. The average molecular weight is 335 g/mol. The van der Waals surface area contributed by atoms with Gasteiger partial charge >= 0.3 is 6.09 Å². The van der Waals surface area contributed by atoms with E-state index in [2.05, 4.69) is 15.3 Å². The second-order valence-electron chi connectivity index (χ2n) is 5.72. The monoisotopic (exact) mass is 335 g/mol. The fraction of sp³-hybridized carbons (Fsp3) is 0.625. The van der Waals surface area contributed by atoms with Crippen molar-refractivity contribution in [2.45, 2.75) is 33.2 Å². The summed E-state index contributed by atoms with van der Waals surface area (Å²) in [6, 6.07) is 1.79. The van der Waals surface area contributed by atoms with Gasteiger partial charge in [0.05, 0.1) is 6.61 Å². The zero-order valence-corrected chi connectivity index (χ0v) is 14.5. The van der Waals surface area contributed by atoms with E-state index in [-0.39, 0.29) is 18.0 Å². The summed E-state index contributed by atoms with van der Waals surface area (Å²) in [6.45, 7) is 8.55. The van der Waals surface area contributed by atoms with E-state index in [1.54, 1.807) is 17.9 Å². The summed E-state index contributed by atoms with van der Waals surface area (Å²) in [7, 11) is 0. The predicted molar refractivity (Wildman–Crippen MR) is 90.1 cm³/mol. The van der Waals surface area contributed by atoms with Gasteiger partial charge in [-0.1, -0.05) is 6.92 Å². The molecule has 0 spiro atoms. The third kappa shape index (κ3) is 4.56. The van der Waals surface area contributed by atoms with Gasteiger partial charge in [-0.2, -0.15) is 0 Å². The van der Waals surface area contributed by atoms with Gasteiger partial charge in [0.1, 0.15) is 17.8 Å². The SMILES string of the molecule is CCOC(=O)N1CCN(c2cc(C(=O)NC(C)CC)ncn2)CC1. The van der Waals surface area contributed by atoms with Crippen molar-refractivity contribution in [3.05, 3.63) is 18.1 Å². The van der Waals surface area contributed by atoms with Gasteiger partial charge in [-0.05, 0) is 20.3 Å². The van der Waals surface area contributed by atoms with Gasteiger partial charge in [-0.25, -0.2) is 14.8 Å². The molecule has 0 saturated carbocycles. The zero-order chi connectivity index (χ0) is 17.5. The molecule has 2 amide bonds. The van der Waals surface area contributed by atoms with Crippen LogP contribution in [-0.2, 0) is 4.74 Å². The molecule has 0 aliphatic carbocycles. The van der Waals surface area contributed by atoms with Gasteiger partial charge in [-0.3, -0.25) is 4.79 Å². The second kappa shape index (κ2) is 8.47. The summed E-state index contributed by atoms with van der Waals surface area (Å²) < 4.78 is 5.01. The maximum Gasteiger partial charge on any atom is 0.409 e. The summed E-state index contributed by atoms with van der Waals surface area (Å²) in [5.41, 5.74) is 0.355. The average Bonchev–Trinajstić information content (AvgIpc) is 2.62. The fourth-order valence-corrected chi connectivity index (χ4v) is 2.38. The Labute approximate surface area is 142 Å². The molecule has 2 rings (SSSR count). The fourth-order valence-electron chi connectivity index (χ4n) is 2.38. The smallest absolute Gasteiger partial charge is 0.409 e. The van der Waals surface area contributed by atoms with Crippen LogP contribution >= 0.6 is 0 Å². The van der Waals surface area contributed by atoms with Crippen LogP contribution in [-0.4, -0.2) is 65.7 Å². The van der Waals surface area contributed by atoms with Crippen molar-refractivity contribution in [1.82, 2.24) is 20.2 Å². The van der Waals surface area contributed by atoms with E-state index in [9.17, 15) is 9.59 Å². The zero-order valence-electron chi connectivity index (χ0n) is 14.5. The molecule has 8 heteroatoms. The first kappa shape index (κ1) is 18.0. The third-order valence-corrected chi connectivity index (χ3v) is 4.00. The molecular formula is C16H25N5O3. The third-order valence-electron chi connectivity index (χ3n) is 4.00. The predicted octanol–water partition coefficient (Wildman–Crippen LogP) is 1.28. The number of amides is 2. The first-order valence-corrected chi connectivity index (χ1v) is 8.34. The highest BCUT2D eigenvalue weighted by Gasteiger charge is 2.23. The molecule has 1 aromatic heterocycles. The number of piperazine rings is 1. The topological polar surface area (TPSA) is 87.7 Å². The Morgan fingerprint density at radius 3 is 2.58 bits per heavy atom. The van der Waals surface area contributed by atoms with Crippen molar-refractivity contribution in [3.63, 3.8) is 0 Å². The number of ether oxygens (including phenoxy) is 1. The molecule has 1 aromatic rings. The molecule has 1 aliphatic heterocycles. The molecular weight excluding hydrogens is 310 g/mol. The Balaban J connectivity index is 1.97. The number of hydrogen-bond acceptors (Lipinski definition) is 6. The summed E-state index contributed by atoms with van der Waals surface area (Å²) >= 11 is 0. The van der Waals surface area contributed by atoms with Crippen molar-refractivity contribution < 1.29 is 14.3 Å². The van der Waals surface area contributed by atoms with Crippen LogP contribution < -0.4 is 10.2 Å². The van der Waals surface area contributed by atoms with Crippen LogP contribution in [0.1, 0.15) is 37.7 Å². The lowest BCUT2D eigenvalue weighted by atomic mass is 10.2. The van der Waals surface area contributed by atoms with Crippen LogP contribution in [0, 0.1) is 0 Å². The molecule has 8 nitrogen and oxygen atoms in total. The number of hydrogen-bond donors (Lipinski definition) is 1. The Hall–Kier alpha value is -2.38. The largest absolute Gasteiger partial charge is 0.450 e. The van der Waals surface area contributed by atoms with Gasteiger partial charge in [0.25, 0.3) is 5.91 Å². The Morgan fingerprint density at radius 1 is 1.25 bits per heavy atom. The molecule has 24 heavy (non-hydrogen) atoms. The van der Waals surface area contributed by atoms with Gasteiger partial charge < -0.3 is 19.9 Å². The molecule has 1 aliphatic rings. The summed E-state index contributed by atoms with van der Waals surface area (Å²) in [5, 5.41) is 2.89. The van der Waals surface area contributed by atoms with E-state index >= 15 is 0 Å². The van der Waals surface area contributed by atoms with E-state index in [0.717, 1.165) is 6.42 Å². The highest BCUT2D eigenvalue weighted by atomic mass is 16.6. The molecule has 0 bridgehead atoms. The van der Waals surface area contributed by atoms with E-state index in [1.807, 2.05) is 18.7 Å². The Bertz CT molecular complexity index is 573. The van der Waals surface area contributed by atoms with Crippen LogP contribution in [0.5, 0.6) is 0 Å². The maximum atomic E-state index is 12.2. The number of carbonyl (C=O) groups excluding carboxylic acids is 2. The standard InChI is InChI=1S/C16H25N5O3/c1-4-12(3)19-15(22)13-10-14(18-11-17-13)20-6-8-21(9-7-20)16(23)24-5-2/h10-12H,4-9H2,1-3H3,(H,19,22). The first-order valence-electron chi connectivity index (χ1n) is 8.34. The normalized spacial score (nSPS) is 15.8. The number of rotatable bonds is 5. The molecule has 0 radical (unpaired) electrons. The lowest BCUT2D eigenvalue weighted by molar-refractivity contribution is 0.0934. The van der Waals surface area contributed by atoms with E-state index in [1.165, 1.54) is 6.33 Å². The molecule has 2 heterocycles. The number of carbonyl (C=O) groups is 2. The van der Waals surface area contributed by atoms with Crippen molar-refractivity contribution in [3.8, 4) is 0 Å². The molecule has 1 atom stereocenters. The molecule has 1 fully saturated rings. The second-order valence-corrected chi connectivity index (χ2v) is 5.72. The maximum absolute atomic E-state index is 12.2. The lowest BCUT2D eigenvalue weighted by Gasteiger charge is -2.34. The minimum atomic E-state index is -0.284. The van der Waals surface area contributed by atoms with Crippen molar-refractivity contribution in [2.24, 2.45) is 0 Å². The van der Waals surface area contributed by atoms with Gasteiger partial charge in [0.2, 0.25) is 0 Å². The van der Waals surface area contributed by atoms with Crippen LogP contribution in [0.15, 0.2) is 12.4 Å². The Morgan fingerprint density at radius 2 is 1.96 bits per heavy atom. The van der Waals surface area contributed by atoms with E-state index in [4.69, 9.17) is 4.74 Å². The van der Waals surface area contributed by atoms with Crippen LogP contribution in [0.4, 0.5) is 10.6 Å². The summed E-state index contributed by atoms with van der Waals surface area (Å²) in [5.74, 6) is 0.501. The molecule has 1 N–H and O–H groups in total. The first-order chi connectivity index (χ1) is 11.5. The molecule has 132 valence electrons.